The summed E-state index contributed by atoms with van der Waals surface area (Å²) in [5.41, 5.74) is 1.86. The number of amides is 3. The Hall–Kier alpha value is -4.64. The van der Waals surface area contributed by atoms with Gasteiger partial charge in [0.15, 0.2) is 3.95 Å². The van der Waals surface area contributed by atoms with Crippen LogP contribution in [-0.2, 0) is 11.2 Å². The van der Waals surface area contributed by atoms with Crippen molar-refractivity contribution in [2.75, 3.05) is 17.6 Å². The monoisotopic (exact) mass is 640 g/mol. The van der Waals surface area contributed by atoms with Crippen LogP contribution in [0.25, 0.3) is 16.5 Å². The standard InChI is InChI=1S/C31H24N6O4S3/c32-17-23-27(37(31(42)44-23)20-11-3-1-4-12-20)33-24(38)18-43-30-35-34-25(41-30)15-5-2-6-16-36-28(39)21-13-7-9-19-10-8-14-22(26(19)21)29(36)40/h1,3-4,7-14H,2,5-6,15-16,18H2,(H,33,38). The number of benzene rings is 3. The summed E-state index contributed by atoms with van der Waals surface area (Å²) < 4.78 is 7.82. The third kappa shape index (κ3) is 5.92. The van der Waals surface area contributed by atoms with E-state index in [2.05, 4.69) is 21.6 Å². The van der Waals surface area contributed by atoms with Crippen molar-refractivity contribution in [1.82, 2.24) is 19.7 Å². The first-order valence-corrected chi connectivity index (χ1v) is 16.0. The van der Waals surface area contributed by atoms with Crippen LogP contribution in [0.15, 0.2) is 76.4 Å². The second-order valence-electron chi connectivity index (χ2n) is 9.91. The Morgan fingerprint density at radius 1 is 0.977 bits per heavy atom. The van der Waals surface area contributed by atoms with Gasteiger partial charge in [0.25, 0.3) is 17.0 Å². The van der Waals surface area contributed by atoms with Crippen LogP contribution < -0.4 is 5.32 Å². The molecule has 13 heteroatoms. The summed E-state index contributed by atoms with van der Waals surface area (Å²) >= 11 is 7.66. The maximum Gasteiger partial charge on any atom is 0.277 e. The molecular weight excluding hydrogens is 617 g/mol. The molecule has 0 saturated heterocycles. The number of nitrogens with one attached hydrogen (secondary N) is 1. The molecule has 0 bridgehead atoms. The van der Waals surface area contributed by atoms with E-state index in [0.29, 0.717) is 51.1 Å². The van der Waals surface area contributed by atoms with Crippen LogP contribution >= 0.6 is 35.3 Å². The van der Waals surface area contributed by atoms with E-state index in [1.807, 2.05) is 54.6 Å². The van der Waals surface area contributed by atoms with Crippen LogP contribution in [0.2, 0.25) is 0 Å². The number of aromatic nitrogens is 3. The lowest BCUT2D eigenvalue weighted by atomic mass is 9.94. The molecule has 1 aliphatic rings. The minimum atomic E-state index is -0.343. The highest BCUT2D eigenvalue weighted by Gasteiger charge is 2.32. The van der Waals surface area contributed by atoms with Crippen molar-refractivity contribution in [3.63, 3.8) is 0 Å². The quantitative estimate of drug-likeness (QED) is 0.0752. The average molecular weight is 641 g/mol. The Morgan fingerprint density at radius 2 is 1.70 bits per heavy atom. The van der Waals surface area contributed by atoms with Crippen molar-refractivity contribution in [3.8, 4) is 11.8 Å². The number of para-hydroxylation sites is 1. The smallest absolute Gasteiger partial charge is 0.277 e. The molecule has 0 atom stereocenters. The number of carbonyl (C=O) groups is 3. The van der Waals surface area contributed by atoms with Gasteiger partial charge in [-0.2, -0.15) is 5.26 Å². The number of hydrogen-bond acceptors (Lipinski definition) is 10. The largest absolute Gasteiger partial charge is 0.416 e. The Balaban J connectivity index is 0.978. The van der Waals surface area contributed by atoms with Gasteiger partial charge in [0.2, 0.25) is 11.8 Å². The highest BCUT2D eigenvalue weighted by molar-refractivity contribution is 7.99. The fourth-order valence-electron chi connectivity index (χ4n) is 5.07. The summed E-state index contributed by atoms with van der Waals surface area (Å²) in [6.07, 6.45) is 2.66. The SMILES string of the molecule is N#Cc1sc(=S)n(-c2ccccc2)c1NC(=O)CSc1nnc(CCCCCN2C(=O)c3cccc4cccc(c34)C2=O)o1. The van der Waals surface area contributed by atoms with Crippen LogP contribution in [0, 0.1) is 15.3 Å². The maximum atomic E-state index is 13.0. The number of rotatable bonds is 11. The first-order chi connectivity index (χ1) is 21.4. The van der Waals surface area contributed by atoms with E-state index >= 15 is 0 Å². The molecule has 6 rings (SSSR count). The van der Waals surface area contributed by atoms with E-state index in [-0.39, 0.29) is 28.7 Å². The molecule has 0 radical (unpaired) electrons. The van der Waals surface area contributed by atoms with Crippen molar-refractivity contribution in [3.05, 3.63) is 92.6 Å². The third-order valence-electron chi connectivity index (χ3n) is 7.09. The Bertz CT molecular complexity index is 1940. The van der Waals surface area contributed by atoms with Crippen LogP contribution in [0.4, 0.5) is 5.82 Å². The maximum absolute atomic E-state index is 13.0. The van der Waals surface area contributed by atoms with Crippen molar-refractivity contribution in [2.45, 2.75) is 30.9 Å². The van der Waals surface area contributed by atoms with Gasteiger partial charge in [0, 0.05) is 35.2 Å². The molecule has 0 saturated carbocycles. The van der Waals surface area contributed by atoms with Crippen LogP contribution in [-0.4, -0.2) is 49.7 Å². The molecule has 5 aromatic rings. The van der Waals surface area contributed by atoms with E-state index in [0.717, 1.165) is 52.4 Å². The third-order valence-corrected chi connectivity index (χ3v) is 9.18. The predicted molar refractivity (Wildman–Crippen MR) is 170 cm³/mol. The van der Waals surface area contributed by atoms with Gasteiger partial charge >= 0.3 is 0 Å². The molecule has 3 amide bonds. The zero-order valence-electron chi connectivity index (χ0n) is 23.2. The summed E-state index contributed by atoms with van der Waals surface area (Å²) in [5.74, 6) is -0.0861. The number of aryl methyl sites for hydroxylation is 1. The van der Waals surface area contributed by atoms with Gasteiger partial charge in [-0.25, -0.2) is 0 Å². The van der Waals surface area contributed by atoms with Gasteiger partial charge in [-0.3, -0.25) is 23.9 Å². The molecule has 10 nitrogen and oxygen atoms in total. The molecule has 3 aromatic carbocycles. The molecule has 0 fully saturated rings. The van der Waals surface area contributed by atoms with E-state index in [1.165, 1.54) is 4.90 Å². The van der Waals surface area contributed by atoms with Gasteiger partial charge in [-0.15, -0.1) is 10.2 Å². The molecular formula is C31H24N6O4S3. The highest BCUT2D eigenvalue weighted by Crippen LogP contribution is 2.31. The highest BCUT2D eigenvalue weighted by atomic mass is 32.2. The van der Waals surface area contributed by atoms with Crippen molar-refractivity contribution in [2.24, 2.45) is 0 Å². The lowest BCUT2D eigenvalue weighted by molar-refractivity contribution is -0.113. The van der Waals surface area contributed by atoms with Crippen molar-refractivity contribution in [1.29, 1.82) is 5.26 Å². The molecule has 1 aliphatic heterocycles. The van der Waals surface area contributed by atoms with E-state index in [4.69, 9.17) is 16.6 Å². The first kappa shape index (κ1) is 29.4. The van der Waals surface area contributed by atoms with E-state index < -0.39 is 0 Å². The molecule has 220 valence electrons. The summed E-state index contributed by atoms with van der Waals surface area (Å²) in [7, 11) is 0. The average Bonchev–Trinajstić information content (AvgIpc) is 3.63. The van der Waals surface area contributed by atoms with Gasteiger partial charge in [0.05, 0.1) is 5.75 Å². The number of thioether (sulfide) groups is 1. The van der Waals surface area contributed by atoms with Crippen molar-refractivity contribution >= 4 is 69.6 Å². The van der Waals surface area contributed by atoms with Crippen molar-refractivity contribution < 1.29 is 18.8 Å². The zero-order valence-corrected chi connectivity index (χ0v) is 25.6. The molecule has 2 aromatic heterocycles. The normalized spacial score (nSPS) is 12.5. The number of unbranched alkanes of at least 4 members (excludes halogenated alkanes) is 2. The molecule has 0 aliphatic carbocycles. The lowest BCUT2D eigenvalue weighted by Crippen LogP contribution is -2.40. The number of anilines is 1. The second kappa shape index (κ2) is 12.9. The fraction of sp³-hybridized carbons (Fsp3) is 0.194. The summed E-state index contributed by atoms with van der Waals surface area (Å²) in [6.45, 7) is 0.331. The molecule has 3 heterocycles. The summed E-state index contributed by atoms with van der Waals surface area (Å²) in [4.78, 5) is 40.5. The van der Waals surface area contributed by atoms with Crippen LogP contribution in [0.5, 0.6) is 0 Å². The number of imide groups is 1. The van der Waals surface area contributed by atoms with Crippen LogP contribution in [0.1, 0.15) is 50.7 Å². The molecule has 44 heavy (non-hydrogen) atoms. The summed E-state index contributed by atoms with van der Waals surface area (Å²) in [5, 5.41) is 22.3. The van der Waals surface area contributed by atoms with Gasteiger partial charge in [-0.05, 0) is 54.7 Å². The minimum Gasteiger partial charge on any atom is -0.416 e. The fourth-order valence-corrected chi connectivity index (χ4v) is 6.85. The van der Waals surface area contributed by atoms with Crippen LogP contribution in [0.3, 0.4) is 0 Å². The second-order valence-corrected chi connectivity index (χ2v) is 12.5. The number of hydrogen-bond donors (Lipinski definition) is 1. The Morgan fingerprint density at radius 3 is 2.41 bits per heavy atom. The number of nitriles is 1. The van der Waals surface area contributed by atoms with E-state index in [9.17, 15) is 19.6 Å². The predicted octanol–water partition coefficient (Wildman–Crippen LogP) is 6.42. The summed E-state index contributed by atoms with van der Waals surface area (Å²) in [6, 6.07) is 22.4. The number of thiazole rings is 1. The van der Waals surface area contributed by atoms with Gasteiger partial charge < -0.3 is 9.73 Å². The topological polar surface area (TPSA) is 134 Å². The number of nitrogens with zero attached hydrogens (tertiary/aromatic N) is 5. The molecule has 0 spiro atoms. The Kier molecular flexibility index (Phi) is 8.65. The zero-order chi connectivity index (χ0) is 30.6. The first-order valence-electron chi connectivity index (χ1n) is 13.8. The van der Waals surface area contributed by atoms with Gasteiger partial charge in [0.1, 0.15) is 16.8 Å². The van der Waals surface area contributed by atoms with E-state index in [1.54, 1.807) is 16.7 Å². The number of carbonyl (C=O) groups excluding carboxylic acids is 3. The molecule has 1 N–H and O–H groups in total. The lowest BCUT2D eigenvalue weighted by Gasteiger charge is -2.27. The van der Waals surface area contributed by atoms with Gasteiger partial charge in [-0.1, -0.05) is 72.0 Å². The Labute approximate surface area is 265 Å². The minimum absolute atomic E-state index is 0.00135. The molecule has 0 unspecified atom stereocenters.